The molecule has 0 aromatic heterocycles. The number of nitrogens with one attached hydrogen (secondary N) is 2. The second kappa shape index (κ2) is 8.46. The van der Waals surface area contributed by atoms with Crippen LogP contribution >= 0.6 is 0 Å². The van der Waals surface area contributed by atoms with E-state index in [1.54, 1.807) is 6.92 Å². The van der Waals surface area contributed by atoms with E-state index < -0.39 is 36.0 Å². The van der Waals surface area contributed by atoms with Crippen LogP contribution in [0.25, 0.3) is 0 Å². The third-order valence-electron chi connectivity index (χ3n) is 4.07. The van der Waals surface area contributed by atoms with Gasteiger partial charge in [-0.2, -0.15) is 5.01 Å². The van der Waals surface area contributed by atoms with E-state index in [1.165, 1.54) is 0 Å². The second-order valence-corrected chi connectivity index (χ2v) is 6.33. The third kappa shape index (κ3) is 4.81. The van der Waals surface area contributed by atoms with Crippen LogP contribution in [0.1, 0.15) is 38.7 Å². The van der Waals surface area contributed by atoms with E-state index in [2.05, 4.69) is 10.7 Å². The average molecular weight is 361 g/mol. The molecule has 4 amide bonds. The van der Waals surface area contributed by atoms with Gasteiger partial charge in [0.25, 0.3) is 11.8 Å². The highest BCUT2D eigenvalue weighted by molar-refractivity contribution is 6.07. The molecule has 1 saturated heterocycles. The predicted molar refractivity (Wildman–Crippen MR) is 92.6 cm³/mol. The van der Waals surface area contributed by atoms with Gasteiger partial charge in [0, 0.05) is 6.42 Å². The Morgan fingerprint density at radius 3 is 2.58 bits per heavy atom. The Labute approximate surface area is 151 Å². The highest BCUT2D eigenvalue weighted by Gasteiger charge is 2.48. The van der Waals surface area contributed by atoms with Gasteiger partial charge in [0.1, 0.15) is 5.54 Å². The number of amides is 4. The van der Waals surface area contributed by atoms with Gasteiger partial charge in [-0.25, -0.2) is 4.79 Å². The fourth-order valence-corrected chi connectivity index (χ4v) is 2.57. The highest BCUT2D eigenvalue weighted by Crippen LogP contribution is 2.22. The largest absolute Gasteiger partial charge is 0.455 e. The maximum absolute atomic E-state index is 12.6. The molecule has 0 aliphatic carbocycles. The molecule has 1 aliphatic heterocycles. The Morgan fingerprint density at radius 1 is 1.23 bits per heavy atom. The quantitative estimate of drug-likeness (QED) is 0.536. The summed E-state index contributed by atoms with van der Waals surface area (Å²) in [4.78, 5) is 47.7. The summed E-state index contributed by atoms with van der Waals surface area (Å²) in [6.07, 6.45) is 1.79. The Balaban J connectivity index is 1.90. The number of imide groups is 1. The first kappa shape index (κ1) is 19.4. The Morgan fingerprint density at radius 2 is 1.92 bits per heavy atom. The first-order valence-electron chi connectivity index (χ1n) is 8.51. The zero-order valence-corrected chi connectivity index (χ0v) is 14.9. The van der Waals surface area contributed by atoms with Crippen LogP contribution < -0.4 is 10.7 Å². The minimum absolute atomic E-state index is 0.202. The molecule has 8 nitrogen and oxygen atoms in total. The number of esters is 1. The van der Waals surface area contributed by atoms with Crippen LogP contribution in [-0.4, -0.2) is 41.0 Å². The lowest BCUT2D eigenvalue weighted by Gasteiger charge is -2.21. The molecule has 0 saturated carbocycles. The number of hydrogen-bond acceptors (Lipinski definition) is 5. The summed E-state index contributed by atoms with van der Waals surface area (Å²) in [6.45, 7) is 2.88. The molecule has 1 heterocycles. The van der Waals surface area contributed by atoms with Crippen molar-refractivity contribution in [3.63, 3.8) is 0 Å². The molecule has 2 N–H and O–H groups in total. The van der Waals surface area contributed by atoms with Gasteiger partial charge in [0.15, 0.2) is 6.61 Å². The van der Waals surface area contributed by atoms with Gasteiger partial charge >= 0.3 is 12.0 Å². The number of ether oxygens (including phenoxy) is 1. The topological polar surface area (TPSA) is 105 Å². The molecule has 26 heavy (non-hydrogen) atoms. The summed E-state index contributed by atoms with van der Waals surface area (Å²) < 4.78 is 4.76. The zero-order chi connectivity index (χ0) is 19.2. The van der Waals surface area contributed by atoms with E-state index in [-0.39, 0.29) is 6.42 Å². The van der Waals surface area contributed by atoms with Crippen molar-refractivity contribution in [2.75, 3.05) is 6.61 Å². The Bertz CT molecular complexity index is 691. The van der Waals surface area contributed by atoms with Crippen LogP contribution in [-0.2, 0) is 25.5 Å². The number of aryl methyl sites for hydroxylation is 1. The minimum Gasteiger partial charge on any atom is -0.455 e. The zero-order valence-electron chi connectivity index (χ0n) is 14.9. The maximum atomic E-state index is 12.6. The summed E-state index contributed by atoms with van der Waals surface area (Å²) in [5, 5.41) is 3.25. The van der Waals surface area contributed by atoms with E-state index in [1.807, 2.05) is 37.3 Å². The first-order valence-corrected chi connectivity index (χ1v) is 8.51. The van der Waals surface area contributed by atoms with Gasteiger partial charge in [-0.05, 0) is 31.7 Å². The van der Waals surface area contributed by atoms with Crippen molar-refractivity contribution in [1.82, 2.24) is 15.8 Å². The second-order valence-electron chi connectivity index (χ2n) is 6.33. The van der Waals surface area contributed by atoms with Gasteiger partial charge in [0.2, 0.25) is 0 Å². The van der Waals surface area contributed by atoms with Crippen molar-refractivity contribution in [3.05, 3.63) is 35.9 Å². The molecule has 140 valence electrons. The molecule has 8 heteroatoms. The summed E-state index contributed by atoms with van der Waals surface area (Å²) in [5.74, 6) is -1.80. The molecule has 0 spiro atoms. The molecular formula is C18H23N3O5. The number of hydrazine groups is 1. The van der Waals surface area contributed by atoms with E-state index in [9.17, 15) is 19.2 Å². The van der Waals surface area contributed by atoms with Crippen LogP contribution in [0.2, 0.25) is 0 Å². The average Bonchev–Trinajstić information content (AvgIpc) is 2.83. The molecule has 1 aromatic carbocycles. The number of carbonyl (C=O) groups excluding carboxylic acids is 4. The molecule has 0 unspecified atom stereocenters. The normalized spacial score (nSPS) is 19.2. The number of carbonyl (C=O) groups is 4. The minimum atomic E-state index is -1.11. The maximum Gasteiger partial charge on any atom is 0.344 e. The lowest BCUT2D eigenvalue weighted by Crippen LogP contribution is -2.50. The van der Waals surface area contributed by atoms with Gasteiger partial charge in [-0.15, -0.1) is 0 Å². The van der Waals surface area contributed by atoms with Crippen LogP contribution in [0.15, 0.2) is 30.3 Å². The van der Waals surface area contributed by atoms with Crippen molar-refractivity contribution in [2.45, 2.75) is 45.1 Å². The van der Waals surface area contributed by atoms with Crippen molar-refractivity contribution in [3.8, 4) is 0 Å². The van der Waals surface area contributed by atoms with Crippen LogP contribution in [0.3, 0.4) is 0 Å². The Kier molecular flexibility index (Phi) is 6.32. The van der Waals surface area contributed by atoms with Crippen molar-refractivity contribution >= 4 is 23.8 Å². The summed E-state index contributed by atoms with van der Waals surface area (Å²) in [7, 11) is 0. The van der Waals surface area contributed by atoms with E-state index >= 15 is 0 Å². The van der Waals surface area contributed by atoms with Gasteiger partial charge in [-0.3, -0.25) is 19.8 Å². The number of nitrogens with zero attached hydrogens (tertiary/aromatic N) is 1. The van der Waals surface area contributed by atoms with E-state index in [0.717, 1.165) is 5.56 Å². The molecule has 2 rings (SSSR count). The highest BCUT2D eigenvalue weighted by atomic mass is 16.5. The summed E-state index contributed by atoms with van der Waals surface area (Å²) in [6, 6.07) is 8.87. The molecule has 0 bridgehead atoms. The lowest BCUT2D eigenvalue weighted by atomic mass is 9.93. The van der Waals surface area contributed by atoms with Gasteiger partial charge in [0.05, 0.1) is 0 Å². The SMILES string of the molecule is CCCC(=O)OCC(=O)NN1C(=O)N[C@@](C)(CCc2ccccc2)C1=O. The van der Waals surface area contributed by atoms with Crippen LogP contribution in [0, 0.1) is 0 Å². The summed E-state index contributed by atoms with van der Waals surface area (Å²) in [5.41, 5.74) is 2.12. The van der Waals surface area contributed by atoms with E-state index in [0.29, 0.717) is 24.3 Å². The number of benzene rings is 1. The predicted octanol–water partition coefficient (Wildman–Crippen LogP) is 1.30. The molecular weight excluding hydrogens is 338 g/mol. The molecule has 1 aromatic rings. The molecule has 1 aliphatic rings. The third-order valence-corrected chi connectivity index (χ3v) is 4.07. The van der Waals surface area contributed by atoms with Gasteiger partial charge < -0.3 is 10.1 Å². The number of hydrogen-bond donors (Lipinski definition) is 2. The van der Waals surface area contributed by atoms with E-state index in [4.69, 9.17) is 4.74 Å². The molecule has 1 atom stereocenters. The fraction of sp³-hybridized carbons (Fsp3) is 0.444. The smallest absolute Gasteiger partial charge is 0.344 e. The van der Waals surface area contributed by atoms with Crippen molar-refractivity contribution in [1.29, 1.82) is 0 Å². The first-order chi connectivity index (χ1) is 12.4. The van der Waals surface area contributed by atoms with Gasteiger partial charge in [-0.1, -0.05) is 37.3 Å². The monoisotopic (exact) mass is 361 g/mol. The van der Waals surface area contributed by atoms with Crippen LogP contribution in [0.5, 0.6) is 0 Å². The Hall–Kier alpha value is -2.90. The summed E-state index contributed by atoms with van der Waals surface area (Å²) >= 11 is 0. The van der Waals surface area contributed by atoms with Crippen molar-refractivity contribution in [2.24, 2.45) is 0 Å². The standard InChI is InChI=1S/C18H23N3O5/c1-3-7-15(23)26-12-14(22)20-21-16(24)18(2,19-17(21)25)11-10-13-8-5-4-6-9-13/h4-6,8-9H,3,7,10-12H2,1-2H3,(H,19,25)(H,20,22)/t18-/m0/s1. The molecule has 1 fully saturated rings. The van der Waals surface area contributed by atoms with Crippen LogP contribution in [0.4, 0.5) is 4.79 Å². The number of rotatable bonds is 8. The molecule has 0 radical (unpaired) electrons. The lowest BCUT2D eigenvalue weighted by molar-refractivity contribution is -0.150. The fourth-order valence-electron chi connectivity index (χ4n) is 2.57. The van der Waals surface area contributed by atoms with Crippen molar-refractivity contribution < 1.29 is 23.9 Å². The number of urea groups is 1.